The second-order valence-electron chi connectivity index (χ2n) is 8.45. The summed E-state index contributed by atoms with van der Waals surface area (Å²) in [6, 6.07) is 12.1. The topological polar surface area (TPSA) is 92.7 Å². The molecule has 4 rings (SSSR count). The van der Waals surface area contributed by atoms with Crippen molar-refractivity contribution in [3.63, 3.8) is 0 Å². The highest BCUT2D eigenvalue weighted by Crippen LogP contribution is 2.20. The van der Waals surface area contributed by atoms with Gasteiger partial charge in [-0.3, -0.25) is 19.1 Å². The zero-order valence-electron chi connectivity index (χ0n) is 19.7. The number of aromatic nitrogens is 1. The van der Waals surface area contributed by atoms with Gasteiger partial charge in [0.15, 0.2) is 11.4 Å². The normalized spacial score (nSPS) is 13.6. The minimum atomic E-state index is -0.816. The van der Waals surface area contributed by atoms with Gasteiger partial charge in [0.25, 0.3) is 11.8 Å². The van der Waals surface area contributed by atoms with Crippen LogP contribution in [0.5, 0.6) is 5.75 Å². The van der Waals surface area contributed by atoms with Crippen molar-refractivity contribution in [3.05, 3.63) is 99.0 Å². The molecule has 36 heavy (non-hydrogen) atoms. The van der Waals surface area contributed by atoms with Gasteiger partial charge < -0.3 is 20.4 Å². The van der Waals surface area contributed by atoms with Crippen LogP contribution in [0.1, 0.15) is 44.8 Å². The number of hydrogen-bond acceptors (Lipinski definition) is 5. The van der Waals surface area contributed by atoms with Crippen molar-refractivity contribution in [1.29, 1.82) is 0 Å². The second-order valence-corrected chi connectivity index (χ2v) is 8.45. The maximum Gasteiger partial charge on any atom is 0.276 e. The van der Waals surface area contributed by atoms with Crippen LogP contribution in [0.4, 0.5) is 8.78 Å². The van der Waals surface area contributed by atoms with Crippen LogP contribution in [-0.4, -0.2) is 41.5 Å². The average Bonchev–Trinajstić information content (AvgIpc) is 2.93. The maximum atomic E-state index is 14.0. The summed E-state index contributed by atoms with van der Waals surface area (Å²) in [6.07, 6.45) is 2.76. The quantitative estimate of drug-likeness (QED) is 0.547. The lowest BCUT2D eigenvalue weighted by Gasteiger charge is -2.22. The molecule has 1 aliphatic heterocycles. The number of carbonyl (C=O) groups is 2. The van der Waals surface area contributed by atoms with Crippen molar-refractivity contribution in [2.45, 2.75) is 26.0 Å². The average molecular weight is 497 g/mol. The number of pyridine rings is 1. The lowest BCUT2D eigenvalue weighted by atomic mass is 10.1. The molecule has 188 valence electrons. The molecular formula is C26H26F2N4O4. The first-order valence-electron chi connectivity index (χ1n) is 11.5. The van der Waals surface area contributed by atoms with Crippen LogP contribution in [0.3, 0.4) is 0 Å². The second kappa shape index (κ2) is 11.0. The smallest absolute Gasteiger partial charge is 0.276 e. The molecule has 2 amide bonds. The van der Waals surface area contributed by atoms with E-state index in [0.717, 1.165) is 24.5 Å². The number of fused-ring (bicyclic) bond motifs is 1. The molecule has 0 saturated carbocycles. The number of rotatable bonds is 6. The molecule has 0 bridgehead atoms. The molecule has 2 N–H and O–H groups in total. The number of hydrogen-bond donors (Lipinski definition) is 2. The third-order valence-electron chi connectivity index (χ3n) is 5.84. The number of amides is 2. The molecular weight excluding hydrogens is 470 g/mol. The fourth-order valence-corrected chi connectivity index (χ4v) is 3.83. The first kappa shape index (κ1) is 24.9. The molecule has 0 spiro atoms. The number of nitrogens with zero attached hydrogens (tertiary/aromatic N) is 2. The lowest BCUT2D eigenvalue weighted by Crippen LogP contribution is -2.37. The summed E-state index contributed by atoms with van der Waals surface area (Å²) in [5, 5.41) is 2.49. The molecule has 2 aromatic carbocycles. The first-order chi connectivity index (χ1) is 17.3. The largest absolute Gasteiger partial charge is 0.482 e. The highest BCUT2D eigenvalue weighted by molar-refractivity contribution is 5.98. The Morgan fingerprint density at radius 2 is 1.89 bits per heavy atom. The van der Waals surface area contributed by atoms with Crippen molar-refractivity contribution < 1.29 is 23.1 Å². The minimum absolute atomic E-state index is 0.00589. The SMILES string of the molecule is CN1CCCCNn2cc(C(=O)NCc3ccc(F)cc3F)c(=O)c(OCc3ccccc3)c2C1=O. The van der Waals surface area contributed by atoms with Crippen molar-refractivity contribution in [1.82, 2.24) is 14.9 Å². The van der Waals surface area contributed by atoms with Crippen LogP contribution < -0.4 is 20.9 Å². The van der Waals surface area contributed by atoms with Gasteiger partial charge in [0.1, 0.15) is 23.8 Å². The van der Waals surface area contributed by atoms with E-state index in [1.54, 1.807) is 7.05 Å². The van der Waals surface area contributed by atoms with E-state index < -0.39 is 28.9 Å². The fourth-order valence-electron chi connectivity index (χ4n) is 3.83. The Balaban J connectivity index is 1.71. The van der Waals surface area contributed by atoms with E-state index in [2.05, 4.69) is 10.7 Å². The minimum Gasteiger partial charge on any atom is -0.482 e. The van der Waals surface area contributed by atoms with Gasteiger partial charge >= 0.3 is 0 Å². The third kappa shape index (κ3) is 5.54. The fraction of sp³-hybridized carbons (Fsp3) is 0.269. The van der Waals surface area contributed by atoms with E-state index in [1.807, 2.05) is 30.3 Å². The van der Waals surface area contributed by atoms with Gasteiger partial charge in [-0.1, -0.05) is 36.4 Å². The Kier molecular flexibility index (Phi) is 7.62. The number of nitrogens with one attached hydrogen (secondary N) is 2. The zero-order valence-corrected chi connectivity index (χ0v) is 19.7. The summed E-state index contributed by atoms with van der Waals surface area (Å²) in [5.41, 5.74) is 2.84. The predicted octanol–water partition coefficient (Wildman–Crippen LogP) is 3.04. The number of benzene rings is 2. The summed E-state index contributed by atoms with van der Waals surface area (Å²) >= 11 is 0. The molecule has 10 heteroatoms. The summed E-state index contributed by atoms with van der Waals surface area (Å²) in [6.45, 7) is 0.739. The van der Waals surface area contributed by atoms with Crippen molar-refractivity contribution in [3.8, 4) is 5.75 Å². The van der Waals surface area contributed by atoms with Crippen molar-refractivity contribution >= 4 is 11.8 Å². The molecule has 1 aromatic heterocycles. The molecule has 1 aliphatic rings. The number of ether oxygens (including phenoxy) is 1. The van der Waals surface area contributed by atoms with Gasteiger partial charge in [-0.25, -0.2) is 8.78 Å². The van der Waals surface area contributed by atoms with Crippen molar-refractivity contribution in [2.24, 2.45) is 0 Å². The van der Waals surface area contributed by atoms with E-state index in [0.29, 0.717) is 19.2 Å². The van der Waals surface area contributed by atoms with Crippen LogP contribution in [0.25, 0.3) is 0 Å². The number of halogens is 2. The van der Waals surface area contributed by atoms with Crippen LogP contribution in [-0.2, 0) is 13.2 Å². The van der Waals surface area contributed by atoms with Gasteiger partial charge in [0, 0.05) is 44.5 Å². The highest BCUT2D eigenvalue weighted by Gasteiger charge is 2.28. The standard InChI is InChI=1S/C26H26F2N4O4/c1-31-12-6-5-11-30-32-15-20(25(34)29-14-18-9-10-19(27)13-21(18)28)23(33)24(22(32)26(31)35)36-16-17-7-3-2-4-8-17/h2-4,7-10,13,15,30H,5-6,11-12,14,16H2,1H3,(H,29,34). The monoisotopic (exact) mass is 496 g/mol. The van der Waals surface area contributed by atoms with Gasteiger partial charge in [-0.05, 0) is 24.5 Å². The van der Waals surface area contributed by atoms with E-state index in [1.165, 1.54) is 21.8 Å². The maximum absolute atomic E-state index is 14.0. The van der Waals surface area contributed by atoms with Gasteiger partial charge in [0.05, 0.1) is 0 Å². The summed E-state index contributed by atoms with van der Waals surface area (Å²) in [4.78, 5) is 41.2. The van der Waals surface area contributed by atoms with E-state index in [4.69, 9.17) is 4.74 Å². The van der Waals surface area contributed by atoms with Crippen LogP contribution in [0.2, 0.25) is 0 Å². The molecule has 0 radical (unpaired) electrons. The molecule has 2 heterocycles. The Morgan fingerprint density at radius 3 is 2.64 bits per heavy atom. The van der Waals surface area contributed by atoms with Gasteiger partial charge in [-0.2, -0.15) is 0 Å². The number of carbonyl (C=O) groups excluding carboxylic acids is 2. The molecule has 0 fully saturated rings. The highest BCUT2D eigenvalue weighted by atomic mass is 19.1. The molecule has 3 aromatic rings. The van der Waals surface area contributed by atoms with E-state index in [9.17, 15) is 23.2 Å². The molecule has 0 saturated heterocycles. The van der Waals surface area contributed by atoms with E-state index in [-0.39, 0.29) is 35.7 Å². The molecule has 0 unspecified atom stereocenters. The molecule has 0 aliphatic carbocycles. The predicted molar refractivity (Wildman–Crippen MR) is 129 cm³/mol. The van der Waals surface area contributed by atoms with E-state index >= 15 is 0 Å². The van der Waals surface area contributed by atoms with Gasteiger partial charge in [0.2, 0.25) is 5.43 Å². The zero-order chi connectivity index (χ0) is 25.7. The molecule has 0 atom stereocenters. The summed E-state index contributed by atoms with van der Waals surface area (Å²) in [5.74, 6) is -3.02. The van der Waals surface area contributed by atoms with Crippen LogP contribution in [0.15, 0.2) is 59.5 Å². The Morgan fingerprint density at radius 1 is 1.11 bits per heavy atom. The molecule has 8 nitrogen and oxygen atoms in total. The summed E-state index contributed by atoms with van der Waals surface area (Å²) in [7, 11) is 1.64. The third-order valence-corrected chi connectivity index (χ3v) is 5.84. The van der Waals surface area contributed by atoms with Crippen LogP contribution in [0, 0.1) is 11.6 Å². The Hall–Kier alpha value is -4.21. The van der Waals surface area contributed by atoms with Crippen molar-refractivity contribution in [2.75, 3.05) is 25.6 Å². The first-order valence-corrected chi connectivity index (χ1v) is 11.5. The Bertz CT molecular complexity index is 1330. The van der Waals surface area contributed by atoms with Crippen LogP contribution >= 0.6 is 0 Å². The lowest BCUT2D eigenvalue weighted by molar-refractivity contribution is 0.0778. The van der Waals surface area contributed by atoms with Gasteiger partial charge in [-0.15, -0.1) is 0 Å². The summed E-state index contributed by atoms with van der Waals surface area (Å²) < 4.78 is 34.4. The Labute approximate surface area is 206 Å².